The molecule has 2 heterocycles. The van der Waals surface area contributed by atoms with Crippen LogP contribution in [0.5, 0.6) is 23.0 Å². The Bertz CT molecular complexity index is 1680. The molecule has 0 bridgehead atoms. The van der Waals surface area contributed by atoms with Gasteiger partial charge in [0.2, 0.25) is 5.43 Å². The molecule has 4 aromatic rings. The van der Waals surface area contributed by atoms with E-state index in [0.29, 0.717) is 5.56 Å². The Labute approximate surface area is 224 Å². The number of carbonyl (C=O) groups is 1. The van der Waals surface area contributed by atoms with Gasteiger partial charge in [0.15, 0.2) is 17.6 Å². The minimum atomic E-state index is -1.84. The summed E-state index contributed by atoms with van der Waals surface area (Å²) in [7, 11) is 0. The molecule has 0 unspecified atom stereocenters. The molecular formula is C28H24O12. The average Bonchev–Trinajstić information content (AvgIpc) is 2.93. The van der Waals surface area contributed by atoms with Crippen molar-refractivity contribution >= 4 is 34.0 Å². The number of hydrogen-bond donors (Lipinski definition) is 7. The van der Waals surface area contributed by atoms with Gasteiger partial charge in [-0.25, -0.2) is 4.79 Å². The number of carbonyl (C=O) groups excluding carboxylic acids is 1. The minimum Gasteiger partial charge on any atom is -0.507 e. The zero-order valence-electron chi connectivity index (χ0n) is 20.5. The predicted octanol–water partition coefficient (Wildman–Crippen LogP) is 1.55. The Morgan fingerprint density at radius 2 is 1.60 bits per heavy atom. The summed E-state index contributed by atoms with van der Waals surface area (Å²) >= 11 is 0. The van der Waals surface area contributed by atoms with E-state index in [2.05, 4.69) is 0 Å². The predicted molar refractivity (Wildman–Crippen MR) is 139 cm³/mol. The van der Waals surface area contributed by atoms with Gasteiger partial charge >= 0.3 is 5.97 Å². The lowest BCUT2D eigenvalue weighted by molar-refractivity contribution is -0.240. The van der Waals surface area contributed by atoms with Crippen LogP contribution in [0.15, 0.2) is 63.8 Å². The quantitative estimate of drug-likeness (QED) is 0.0814. The van der Waals surface area contributed by atoms with Gasteiger partial charge in [-0.05, 0) is 17.7 Å². The Morgan fingerprint density at radius 3 is 2.30 bits per heavy atom. The molecule has 0 amide bonds. The van der Waals surface area contributed by atoms with Gasteiger partial charge in [0.25, 0.3) is 0 Å². The first-order valence-corrected chi connectivity index (χ1v) is 12.0. The summed E-state index contributed by atoms with van der Waals surface area (Å²) < 4.78 is 16.6. The molecule has 208 valence electrons. The van der Waals surface area contributed by atoms with Crippen molar-refractivity contribution in [1.29, 1.82) is 0 Å². The summed E-state index contributed by atoms with van der Waals surface area (Å²) in [6, 6.07) is 11.6. The third-order valence-corrected chi connectivity index (χ3v) is 6.67. The highest BCUT2D eigenvalue weighted by atomic mass is 16.6. The van der Waals surface area contributed by atoms with E-state index < -0.39 is 82.5 Å². The number of fused-ring (bicyclic) bond motifs is 2. The lowest BCUT2D eigenvalue weighted by Gasteiger charge is -2.42. The van der Waals surface area contributed by atoms with Crippen LogP contribution in [0.1, 0.15) is 17.2 Å². The first-order chi connectivity index (χ1) is 19.1. The second-order valence-electron chi connectivity index (χ2n) is 9.20. The summed E-state index contributed by atoms with van der Waals surface area (Å²) in [4.78, 5) is 25.9. The van der Waals surface area contributed by atoms with E-state index in [0.717, 1.165) is 24.3 Å². The van der Waals surface area contributed by atoms with Crippen molar-refractivity contribution in [1.82, 2.24) is 0 Å². The molecule has 1 aliphatic heterocycles. The number of rotatable bonds is 5. The zero-order chi connectivity index (χ0) is 28.7. The number of hydrogen-bond acceptors (Lipinski definition) is 12. The van der Waals surface area contributed by atoms with Crippen molar-refractivity contribution in [3.8, 4) is 23.0 Å². The number of aromatic hydroxyl groups is 4. The molecule has 5 rings (SSSR count). The molecule has 0 spiro atoms. The van der Waals surface area contributed by atoms with Crippen LogP contribution in [0.25, 0.3) is 28.0 Å². The normalized spacial score (nSPS) is 23.1. The molecule has 12 nitrogen and oxygen atoms in total. The Kier molecular flexibility index (Phi) is 7.08. The fourth-order valence-electron chi connectivity index (χ4n) is 4.66. The molecule has 3 aromatic carbocycles. The van der Waals surface area contributed by atoms with Crippen LogP contribution in [0, 0.1) is 0 Å². The van der Waals surface area contributed by atoms with E-state index in [-0.39, 0.29) is 16.6 Å². The van der Waals surface area contributed by atoms with Crippen LogP contribution >= 0.6 is 0 Å². The molecular weight excluding hydrogens is 528 g/mol. The van der Waals surface area contributed by atoms with E-state index in [4.69, 9.17) is 13.9 Å². The molecule has 5 atom stereocenters. The van der Waals surface area contributed by atoms with Gasteiger partial charge in [0, 0.05) is 18.2 Å². The average molecular weight is 552 g/mol. The highest BCUT2D eigenvalue weighted by Gasteiger charge is 2.49. The lowest BCUT2D eigenvalue weighted by Crippen LogP contribution is -2.56. The summed E-state index contributed by atoms with van der Waals surface area (Å²) in [5.41, 5.74) is -1.11. The van der Waals surface area contributed by atoms with Gasteiger partial charge in [-0.2, -0.15) is 0 Å². The first-order valence-electron chi connectivity index (χ1n) is 12.0. The highest BCUT2D eigenvalue weighted by Crippen LogP contribution is 2.46. The molecule has 12 heteroatoms. The van der Waals surface area contributed by atoms with E-state index in [1.54, 1.807) is 30.3 Å². The number of benzene rings is 3. The monoisotopic (exact) mass is 552 g/mol. The standard InChI is InChI=1S/C28H24O12/c29-11-19-24(35)26(37)28(40-20(33)7-6-12-4-2-1-3-5-12)27(39-19)21-16(32)10-18-22(25(21)36)23(34)13-8-14(30)15(31)9-17(13)38-18/h1-10,19,24,26-32,35-37H,11H2/b7-6+/t19-,24-,26+,27-,28-/m1/s1. The maximum absolute atomic E-state index is 13.3. The molecule has 7 N–H and O–H groups in total. The van der Waals surface area contributed by atoms with Gasteiger partial charge in [-0.15, -0.1) is 0 Å². The van der Waals surface area contributed by atoms with Gasteiger partial charge in [-0.3, -0.25) is 4.79 Å². The number of esters is 1. The van der Waals surface area contributed by atoms with Gasteiger partial charge in [0.05, 0.1) is 17.6 Å². The second-order valence-corrected chi connectivity index (χ2v) is 9.20. The van der Waals surface area contributed by atoms with Crippen molar-refractivity contribution in [2.45, 2.75) is 30.5 Å². The maximum Gasteiger partial charge on any atom is 0.331 e. The topological polar surface area (TPSA) is 207 Å². The van der Waals surface area contributed by atoms with E-state index >= 15 is 0 Å². The van der Waals surface area contributed by atoms with E-state index in [1.807, 2.05) is 0 Å². The van der Waals surface area contributed by atoms with Crippen molar-refractivity contribution in [2.75, 3.05) is 6.61 Å². The second kappa shape index (κ2) is 10.5. The van der Waals surface area contributed by atoms with Crippen molar-refractivity contribution in [3.05, 3.63) is 76.0 Å². The van der Waals surface area contributed by atoms with Crippen LogP contribution < -0.4 is 5.43 Å². The number of phenolic OH excluding ortho intramolecular Hbond substituents is 4. The van der Waals surface area contributed by atoms with Crippen LogP contribution in [0.3, 0.4) is 0 Å². The largest absolute Gasteiger partial charge is 0.507 e. The SMILES string of the molecule is O=C(/C=C/c1ccccc1)O[C@@H]1[C@@H](O)[C@H](O)[C@@H](CO)O[C@@H]1c1c(O)cc2oc3cc(O)c(O)cc3c(=O)c2c1O. The molecule has 1 aliphatic rings. The molecule has 1 fully saturated rings. The van der Waals surface area contributed by atoms with Crippen LogP contribution in [0.4, 0.5) is 0 Å². The van der Waals surface area contributed by atoms with Crippen LogP contribution in [0.2, 0.25) is 0 Å². The lowest BCUT2D eigenvalue weighted by atomic mass is 9.89. The van der Waals surface area contributed by atoms with Gasteiger partial charge in [0.1, 0.15) is 52.5 Å². The van der Waals surface area contributed by atoms with E-state index in [9.17, 15) is 45.3 Å². The fourth-order valence-corrected chi connectivity index (χ4v) is 4.66. The summed E-state index contributed by atoms with van der Waals surface area (Å²) in [5.74, 6) is -3.70. The molecule has 0 saturated carbocycles. The molecule has 1 aromatic heterocycles. The molecule has 0 radical (unpaired) electrons. The smallest absolute Gasteiger partial charge is 0.331 e. The fraction of sp³-hybridized carbons (Fsp3) is 0.214. The molecule has 40 heavy (non-hydrogen) atoms. The maximum atomic E-state index is 13.3. The first kappa shape index (κ1) is 27.0. The Balaban J connectivity index is 1.61. The zero-order valence-corrected chi connectivity index (χ0v) is 20.5. The number of ether oxygens (including phenoxy) is 2. The van der Waals surface area contributed by atoms with Gasteiger partial charge in [-0.1, -0.05) is 30.3 Å². The Hall–Kier alpha value is -4.62. The minimum absolute atomic E-state index is 0.149. The summed E-state index contributed by atoms with van der Waals surface area (Å²) in [6.45, 7) is -0.784. The number of aliphatic hydroxyl groups excluding tert-OH is 3. The van der Waals surface area contributed by atoms with Crippen LogP contribution in [-0.4, -0.2) is 72.7 Å². The highest BCUT2D eigenvalue weighted by molar-refractivity contribution is 5.96. The number of aliphatic hydroxyl groups is 3. The third-order valence-electron chi connectivity index (χ3n) is 6.67. The van der Waals surface area contributed by atoms with Gasteiger partial charge < -0.3 is 49.6 Å². The molecule has 1 saturated heterocycles. The van der Waals surface area contributed by atoms with E-state index in [1.165, 1.54) is 6.08 Å². The third kappa shape index (κ3) is 4.69. The van der Waals surface area contributed by atoms with Crippen LogP contribution in [-0.2, 0) is 14.3 Å². The van der Waals surface area contributed by atoms with Crippen molar-refractivity contribution in [2.24, 2.45) is 0 Å². The summed E-state index contributed by atoms with van der Waals surface area (Å²) in [5, 5.41) is 71.9. The molecule has 0 aliphatic carbocycles. The number of phenols is 4. The summed E-state index contributed by atoms with van der Waals surface area (Å²) in [6.07, 6.45) is -5.86. The van der Waals surface area contributed by atoms with Crippen molar-refractivity contribution < 1.29 is 54.4 Å². The Morgan fingerprint density at radius 1 is 0.925 bits per heavy atom. The van der Waals surface area contributed by atoms with Crippen molar-refractivity contribution in [3.63, 3.8) is 0 Å².